The molecule has 0 bridgehead atoms. The monoisotopic (exact) mass is 296 g/mol. The molecule has 3 rings (SSSR count). The predicted molar refractivity (Wildman–Crippen MR) is 85.7 cm³/mol. The smallest absolute Gasteiger partial charge is 0.272 e. The number of nitrogens with one attached hydrogen (secondary N) is 1. The van der Waals surface area contributed by atoms with Crippen LogP contribution in [0.15, 0.2) is 36.5 Å². The van der Waals surface area contributed by atoms with Gasteiger partial charge in [-0.2, -0.15) is 0 Å². The van der Waals surface area contributed by atoms with Crippen molar-refractivity contribution < 1.29 is 4.79 Å². The lowest BCUT2D eigenvalue weighted by Gasteiger charge is -2.14. The minimum absolute atomic E-state index is 0.00138. The van der Waals surface area contributed by atoms with Gasteiger partial charge in [0.2, 0.25) is 5.95 Å². The molecule has 1 aliphatic heterocycles. The molecule has 0 saturated carbocycles. The third kappa shape index (κ3) is 3.42. The van der Waals surface area contributed by atoms with E-state index >= 15 is 0 Å². The molecule has 2 heterocycles. The lowest BCUT2D eigenvalue weighted by atomic mass is 10.1. The van der Waals surface area contributed by atoms with Crippen molar-refractivity contribution in [2.24, 2.45) is 0 Å². The first-order chi connectivity index (χ1) is 10.7. The van der Waals surface area contributed by atoms with Gasteiger partial charge in [0.05, 0.1) is 0 Å². The number of hydrogen-bond donors (Lipinski definition) is 1. The van der Waals surface area contributed by atoms with E-state index in [2.05, 4.69) is 40.4 Å². The number of aromatic nitrogens is 2. The van der Waals surface area contributed by atoms with Crippen molar-refractivity contribution in [3.05, 3.63) is 53.3 Å². The van der Waals surface area contributed by atoms with Gasteiger partial charge in [-0.25, -0.2) is 9.97 Å². The van der Waals surface area contributed by atoms with Gasteiger partial charge in [0.15, 0.2) is 0 Å². The van der Waals surface area contributed by atoms with Crippen LogP contribution < -0.4 is 5.32 Å². The maximum atomic E-state index is 12.3. The van der Waals surface area contributed by atoms with Crippen LogP contribution in [0.5, 0.6) is 0 Å². The highest BCUT2D eigenvalue weighted by atomic mass is 16.2. The summed E-state index contributed by atoms with van der Waals surface area (Å²) in [5, 5.41) is 3.18. The topological polar surface area (TPSA) is 58.1 Å². The van der Waals surface area contributed by atoms with Gasteiger partial charge in [-0.1, -0.05) is 29.8 Å². The Hall–Kier alpha value is -2.43. The Morgan fingerprint density at radius 1 is 1.27 bits per heavy atom. The average Bonchev–Trinajstić information content (AvgIpc) is 3.07. The van der Waals surface area contributed by atoms with E-state index in [1.54, 1.807) is 12.3 Å². The molecular weight excluding hydrogens is 276 g/mol. The molecule has 1 amide bonds. The van der Waals surface area contributed by atoms with E-state index in [0.717, 1.165) is 25.9 Å². The molecule has 22 heavy (non-hydrogen) atoms. The van der Waals surface area contributed by atoms with Crippen LogP contribution in [0.1, 0.15) is 34.5 Å². The molecule has 0 radical (unpaired) electrons. The molecule has 1 aromatic carbocycles. The Morgan fingerprint density at radius 3 is 2.86 bits per heavy atom. The van der Waals surface area contributed by atoms with Gasteiger partial charge in [-0.3, -0.25) is 4.79 Å². The molecule has 0 aliphatic carbocycles. The van der Waals surface area contributed by atoms with E-state index in [1.165, 1.54) is 11.1 Å². The second kappa shape index (κ2) is 6.56. The summed E-state index contributed by atoms with van der Waals surface area (Å²) in [6.07, 6.45) is 3.79. The molecule has 114 valence electrons. The van der Waals surface area contributed by atoms with E-state index < -0.39 is 0 Å². The van der Waals surface area contributed by atoms with Crippen molar-refractivity contribution in [3.63, 3.8) is 0 Å². The summed E-state index contributed by atoms with van der Waals surface area (Å²) in [6.45, 7) is 4.36. The summed E-state index contributed by atoms with van der Waals surface area (Å²) in [5.41, 5.74) is 2.85. The van der Waals surface area contributed by atoms with Gasteiger partial charge < -0.3 is 10.2 Å². The molecule has 1 saturated heterocycles. The quantitative estimate of drug-likeness (QED) is 0.942. The molecule has 2 aromatic rings. The predicted octanol–water partition coefficient (Wildman–Crippen LogP) is 2.63. The van der Waals surface area contributed by atoms with E-state index in [1.807, 2.05) is 11.0 Å². The number of amides is 1. The molecule has 0 atom stereocenters. The Kier molecular flexibility index (Phi) is 4.32. The summed E-state index contributed by atoms with van der Waals surface area (Å²) in [5.74, 6) is 0.491. The zero-order valence-electron chi connectivity index (χ0n) is 12.7. The third-order valence-corrected chi connectivity index (χ3v) is 3.80. The minimum atomic E-state index is -0.00138. The Bertz CT molecular complexity index is 665. The van der Waals surface area contributed by atoms with Crippen molar-refractivity contribution >= 4 is 11.9 Å². The number of rotatable bonds is 4. The van der Waals surface area contributed by atoms with Gasteiger partial charge in [0.1, 0.15) is 5.69 Å². The van der Waals surface area contributed by atoms with Gasteiger partial charge in [0, 0.05) is 25.8 Å². The number of hydrogen-bond acceptors (Lipinski definition) is 4. The Labute approximate surface area is 130 Å². The van der Waals surface area contributed by atoms with Gasteiger partial charge in [0.25, 0.3) is 5.91 Å². The fourth-order valence-corrected chi connectivity index (χ4v) is 2.65. The molecule has 1 aromatic heterocycles. The van der Waals surface area contributed by atoms with Crippen molar-refractivity contribution in [2.75, 3.05) is 18.4 Å². The van der Waals surface area contributed by atoms with Crippen LogP contribution in [-0.2, 0) is 6.54 Å². The summed E-state index contributed by atoms with van der Waals surface area (Å²) in [6, 6.07) is 9.94. The van der Waals surface area contributed by atoms with E-state index in [9.17, 15) is 4.79 Å². The van der Waals surface area contributed by atoms with E-state index in [0.29, 0.717) is 18.2 Å². The molecule has 5 nitrogen and oxygen atoms in total. The number of carbonyl (C=O) groups excluding carboxylic acids is 1. The highest BCUT2D eigenvalue weighted by Crippen LogP contribution is 2.12. The number of aryl methyl sites for hydroxylation is 1. The van der Waals surface area contributed by atoms with Crippen molar-refractivity contribution in [2.45, 2.75) is 26.3 Å². The maximum absolute atomic E-state index is 12.3. The van der Waals surface area contributed by atoms with E-state index in [-0.39, 0.29) is 5.91 Å². The van der Waals surface area contributed by atoms with Crippen molar-refractivity contribution in [1.29, 1.82) is 0 Å². The molecule has 5 heteroatoms. The lowest BCUT2D eigenvalue weighted by Crippen LogP contribution is -2.28. The zero-order chi connectivity index (χ0) is 15.4. The number of nitrogens with zero attached hydrogens (tertiary/aromatic N) is 3. The van der Waals surface area contributed by atoms with Crippen LogP contribution in [-0.4, -0.2) is 33.9 Å². The van der Waals surface area contributed by atoms with Crippen LogP contribution in [0.4, 0.5) is 5.95 Å². The van der Waals surface area contributed by atoms with Gasteiger partial charge in [-0.15, -0.1) is 0 Å². The Balaban J connectivity index is 1.67. The highest BCUT2D eigenvalue weighted by Gasteiger charge is 2.20. The largest absolute Gasteiger partial charge is 0.350 e. The first-order valence-corrected chi connectivity index (χ1v) is 7.64. The summed E-state index contributed by atoms with van der Waals surface area (Å²) in [4.78, 5) is 22.7. The highest BCUT2D eigenvalue weighted by molar-refractivity contribution is 5.92. The normalized spacial score (nSPS) is 14.1. The fraction of sp³-hybridized carbons (Fsp3) is 0.353. The van der Waals surface area contributed by atoms with Gasteiger partial charge in [-0.05, 0) is 31.4 Å². The van der Waals surface area contributed by atoms with Crippen molar-refractivity contribution in [1.82, 2.24) is 14.9 Å². The fourth-order valence-electron chi connectivity index (χ4n) is 2.65. The Morgan fingerprint density at radius 2 is 2.09 bits per heavy atom. The summed E-state index contributed by atoms with van der Waals surface area (Å²) < 4.78 is 0. The van der Waals surface area contributed by atoms with Crippen LogP contribution in [0.25, 0.3) is 0 Å². The molecule has 0 unspecified atom stereocenters. The van der Waals surface area contributed by atoms with Crippen LogP contribution in [0.2, 0.25) is 0 Å². The molecule has 1 aliphatic rings. The first kappa shape index (κ1) is 14.5. The maximum Gasteiger partial charge on any atom is 0.272 e. The van der Waals surface area contributed by atoms with Crippen molar-refractivity contribution in [3.8, 4) is 0 Å². The number of likely N-dealkylation sites (tertiary alicyclic amines) is 1. The van der Waals surface area contributed by atoms with E-state index in [4.69, 9.17) is 0 Å². The first-order valence-electron chi connectivity index (χ1n) is 7.64. The number of carbonyl (C=O) groups is 1. The average molecular weight is 296 g/mol. The lowest BCUT2D eigenvalue weighted by molar-refractivity contribution is 0.0787. The van der Waals surface area contributed by atoms with Crippen LogP contribution in [0.3, 0.4) is 0 Å². The number of benzene rings is 1. The standard InChI is InChI=1S/C17H20N4O/c1-13-5-4-6-14(11-13)12-19-17-18-8-7-15(20-17)16(22)21-9-2-3-10-21/h4-8,11H,2-3,9-10,12H2,1H3,(H,18,19,20). The van der Waals surface area contributed by atoms with Gasteiger partial charge >= 0.3 is 0 Å². The number of anilines is 1. The third-order valence-electron chi connectivity index (χ3n) is 3.80. The minimum Gasteiger partial charge on any atom is -0.350 e. The molecule has 1 fully saturated rings. The summed E-state index contributed by atoms with van der Waals surface area (Å²) in [7, 11) is 0. The summed E-state index contributed by atoms with van der Waals surface area (Å²) >= 11 is 0. The molecular formula is C17H20N4O. The van der Waals surface area contributed by atoms with Crippen LogP contribution >= 0.6 is 0 Å². The van der Waals surface area contributed by atoms with Crippen LogP contribution in [0, 0.1) is 6.92 Å². The molecule has 1 N–H and O–H groups in total. The second-order valence-corrected chi connectivity index (χ2v) is 5.61. The SMILES string of the molecule is Cc1cccc(CNc2nccc(C(=O)N3CCCC3)n2)c1. The second-order valence-electron chi connectivity index (χ2n) is 5.61. The zero-order valence-corrected chi connectivity index (χ0v) is 12.7. The molecule has 0 spiro atoms.